The van der Waals surface area contributed by atoms with Crippen molar-refractivity contribution in [3.63, 3.8) is 0 Å². The van der Waals surface area contributed by atoms with E-state index in [1.165, 1.54) is 20.3 Å². The Hall–Kier alpha value is -4.21. The average Bonchev–Trinajstić information content (AvgIpc) is 3.25. The fourth-order valence-electron chi connectivity index (χ4n) is 3.72. The number of methoxy groups -OCH3 is 2. The highest BCUT2D eigenvalue weighted by Gasteiger charge is 2.19. The quantitative estimate of drug-likeness (QED) is 0.0972. The molecule has 10 heteroatoms. The van der Waals surface area contributed by atoms with Gasteiger partial charge in [0.2, 0.25) is 0 Å². The molecule has 0 aliphatic heterocycles. The zero-order valence-electron chi connectivity index (χ0n) is 20.4. The molecular formula is C28H22ClNO7S. The molecule has 0 spiro atoms. The molecule has 0 saturated carbocycles. The molecule has 0 N–H and O–H groups in total. The van der Waals surface area contributed by atoms with E-state index < -0.39 is 11.9 Å². The summed E-state index contributed by atoms with van der Waals surface area (Å²) in [7, 11) is 2.36. The van der Waals surface area contributed by atoms with Crippen molar-refractivity contribution in [3.8, 4) is 5.75 Å². The first-order valence-corrected chi connectivity index (χ1v) is 12.5. The van der Waals surface area contributed by atoms with Crippen LogP contribution < -0.4 is 9.61 Å². The molecule has 1 aromatic heterocycles. The third-order valence-electron chi connectivity index (χ3n) is 5.60. The van der Waals surface area contributed by atoms with Crippen LogP contribution in [0.2, 0.25) is 5.02 Å². The largest absolute Gasteiger partial charge is 0.492 e. The molecule has 0 aliphatic carbocycles. The molecule has 0 fully saturated rings. The van der Waals surface area contributed by atoms with Gasteiger partial charge >= 0.3 is 16.8 Å². The van der Waals surface area contributed by atoms with Crippen molar-refractivity contribution in [1.29, 1.82) is 0 Å². The van der Waals surface area contributed by atoms with E-state index in [-0.39, 0.29) is 22.8 Å². The van der Waals surface area contributed by atoms with Crippen LogP contribution >= 0.6 is 22.9 Å². The monoisotopic (exact) mass is 551 g/mol. The maximum atomic E-state index is 12.8. The van der Waals surface area contributed by atoms with Gasteiger partial charge in [-0.25, -0.2) is 9.59 Å². The molecule has 0 saturated heterocycles. The van der Waals surface area contributed by atoms with Crippen LogP contribution in [-0.2, 0) is 25.6 Å². The Morgan fingerprint density at radius 1 is 0.921 bits per heavy atom. The maximum Gasteiger partial charge on any atom is 0.345 e. The molecule has 0 atom stereocenters. The summed E-state index contributed by atoms with van der Waals surface area (Å²) in [6, 6.07) is 18.6. The molecule has 4 rings (SSSR count). The smallest absolute Gasteiger partial charge is 0.345 e. The van der Waals surface area contributed by atoms with Crippen LogP contribution in [0, 0.1) is 0 Å². The zero-order chi connectivity index (χ0) is 27.2. The SMILES string of the molecule is COC(=O)C(=Cc1ccc(OCCn2c(=O)sc3cc(C(=O)c4cccc(Cl)c4)ccc32)cc1)C(=O)OC. The number of ether oxygens (including phenoxy) is 3. The van der Waals surface area contributed by atoms with E-state index in [0.717, 1.165) is 11.3 Å². The van der Waals surface area contributed by atoms with Gasteiger partial charge in [-0.1, -0.05) is 47.2 Å². The number of halogens is 1. The predicted octanol–water partition coefficient (Wildman–Crippen LogP) is 4.76. The highest BCUT2D eigenvalue weighted by Crippen LogP contribution is 2.22. The van der Waals surface area contributed by atoms with Gasteiger partial charge < -0.3 is 14.2 Å². The van der Waals surface area contributed by atoms with Gasteiger partial charge in [-0.15, -0.1) is 0 Å². The van der Waals surface area contributed by atoms with E-state index in [4.69, 9.17) is 16.3 Å². The second-order valence-corrected chi connectivity index (χ2v) is 9.43. The first-order valence-electron chi connectivity index (χ1n) is 11.4. The lowest BCUT2D eigenvalue weighted by atomic mass is 10.0. The highest BCUT2D eigenvalue weighted by molar-refractivity contribution is 7.16. The van der Waals surface area contributed by atoms with E-state index in [1.54, 1.807) is 71.3 Å². The van der Waals surface area contributed by atoms with Gasteiger partial charge in [-0.3, -0.25) is 14.2 Å². The summed E-state index contributed by atoms with van der Waals surface area (Å²) in [5.41, 5.74) is 2.01. The van der Waals surface area contributed by atoms with Gasteiger partial charge in [-0.2, -0.15) is 0 Å². The lowest BCUT2D eigenvalue weighted by Crippen LogP contribution is -2.17. The van der Waals surface area contributed by atoms with Crippen molar-refractivity contribution >= 4 is 57.0 Å². The number of rotatable bonds is 9. The topological polar surface area (TPSA) is 101 Å². The van der Waals surface area contributed by atoms with Gasteiger partial charge in [0.25, 0.3) is 0 Å². The van der Waals surface area contributed by atoms with Crippen LogP contribution in [0.5, 0.6) is 5.75 Å². The standard InChI is InChI=1S/C28H22ClNO7S/c1-35-26(32)22(27(33)36-2)14-17-6-9-21(10-7-17)37-13-12-30-23-11-8-19(16-24(23)38-28(30)34)25(31)18-4-3-5-20(29)15-18/h3-11,14-16H,12-13H2,1-2H3. The van der Waals surface area contributed by atoms with Crippen LogP contribution in [0.3, 0.4) is 0 Å². The molecule has 8 nitrogen and oxygen atoms in total. The third kappa shape index (κ3) is 6.01. The van der Waals surface area contributed by atoms with Gasteiger partial charge in [-0.05, 0) is 54.1 Å². The molecule has 0 aliphatic rings. The van der Waals surface area contributed by atoms with Gasteiger partial charge in [0.05, 0.1) is 31.0 Å². The van der Waals surface area contributed by atoms with Gasteiger partial charge in [0.1, 0.15) is 17.9 Å². The van der Waals surface area contributed by atoms with E-state index in [9.17, 15) is 19.2 Å². The van der Waals surface area contributed by atoms with E-state index >= 15 is 0 Å². The second kappa shape index (κ2) is 11.9. The van der Waals surface area contributed by atoms with Gasteiger partial charge in [0.15, 0.2) is 5.78 Å². The highest BCUT2D eigenvalue weighted by atomic mass is 35.5. The van der Waals surface area contributed by atoms with Crippen LogP contribution in [0.15, 0.2) is 77.1 Å². The minimum absolute atomic E-state index is 0.158. The number of carbonyl (C=O) groups is 3. The molecule has 4 aromatic rings. The van der Waals surface area contributed by atoms with Crippen LogP contribution in [0.25, 0.3) is 16.3 Å². The fourth-order valence-corrected chi connectivity index (χ4v) is 4.87. The zero-order valence-corrected chi connectivity index (χ0v) is 22.0. The summed E-state index contributed by atoms with van der Waals surface area (Å²) in [4.78, 5) is 48.9. The number of hydrogen-bond acceptors (Lipinski definition) is 8. The summed E-state index contributed by atoms with van der Waals surface area (Å²) in [5, 5.41) is 0.478. The number of esters is 2. The lowest BCUT2D eigenvalue weighted by Gasteiger charge is -2.08. The van der Waals surface area contributed by atoms with Crippen molar-refractivity contribution in [2.45, 2.75) is 6.54 Å². The Bertz CT molecular complexity index is 1580. The number of nitrogens with zero attached hydrogens (tertiary/aromatic N) is 1. The Kier molecular flexibility index (Phi) is 8.40. The number of hydrogen-bond donors (Lipinski definition) is 0. The number of benzene rings is 3. The van der Waals surface area contributed by atoms with Crippen LogP contribution in [0.4, 0.5) is 0 Å². The number of aromatic nitrogens is 1. The van der Waals surface area contributed by atoms with Crippen molar-refractivity contribution in [1.82, 2.24) is 4.57 Å². The molecule has 0 radical (unpaired) electrons. The van der Waals surface area contributed by atoms with E-state index in [2.05, 4.69) is 9.47 Å². The fraction of sp³-hybridized carbons (Fsp3) is 0.143. The van der Waals surface area contributed by atoms with Crippen molar-refractivity contribution in [2.24, 2.45) is 0 Å². The maximum absolute atomic E-state index is 12.8. The number of carbonyl (C=O) groups excluding carboxylic acids is 3. The van der Waals surface area contributed by atoms with Crippen molar-refractivity contribution < 1.29 is 28.6 Å². The molecule has 0 unspecified atom stereocenters. The molecule has 0 bridgehead atoms. The second-order valence-electron chi connectivity index (χ2n) is 8.00. The molecule has 0 amide bonds. The number of ketones is 1. The Labute approximate surface area is 226 Å². The predicted molar refractivity (Wildman–Crippen MR) is 145 cm³/mol. The summed E-state index contributed by atoms with van der Waals surface area (Å²) < 4.78 is 17.3. The average molecular weight is 552 g/mol. The normalized spacial score (nSPS) is 10.6. The minimum Gasteiger partial charge on any atom is -0.492 e. The summed E-state index contributed by atoms with van der Waals surface area (Å²) in [6.45, 7) is 0.524. The van der Waals surface area contributed by atoms with Crippen LogP contribution in [0.1, 0.15) is 21.5 Å². The summed E-state index contributed by atoms with van der Waals surface area (Å²) in [5.74, 6) is -1.23. The van der Waals surface area contributed by atoms with E-state index in [0.29, 0.717) is 44.2 Å². The Morgan fingerprint density at radius 3 is 2.26 bits per heavy atom. The lowest BCUT2D eigenvalue weighted by molar-refractivity contribution is -0.143. The molecule has 38 heavy (non-hydrogen) atoms. The molecule has 194 valence electrons. The summed E-state index contributed by atoms with van der Waals surface area (Å²) in [6.07, 6.45) is 1.36. The van der Waals surface area contributed by atoms with Crippen molar-refractivity contribution in [3.05, 3.63) is 104 Å². The summed E-state index contributed by atoms with van der Waals surface area (Å²) >= 11 is 7.07. The van der Waals surface area contributed by atoms with Gasteiger partial charge in [0, 0.05) is 16.1 Å². The van der Waals surface area contributed by atoms with Crippen LogP contribution in [-0.4, -0.2) is 43.1 Å². The molecule has 3 aromatic carbocycles. The molecule has 1 heterocycles. The Morgan fingerprint density at radius 2 is 1.61 bits per heavy atom. The first-order chi connectivity index (χ1) is 18.3. The van der Waals surface area contributed by atoms with Crippen molar-refractivity contribution in [2.75, 3.05) is 20.8 Å². The number of fused-ring (bicyclic) bond motifs is 1. The number of thiazole rings is 1. The Balaban J connectivity index is 1.44. The van der Waals surface area contributed by atoms with E-state index in [1.807, 2.05) is 0 Å². The minimum atomic E-state index is -0.799. The third-order valence-corrected chi connectivity index (χ3v) is 6.78. The molecular weight excluding hydrogens is 530 g/mol. The first kappa shape index (κ1) is 26.8.